The quantitative estimate of drug-likeness (QED) is 0.453. The summed E-state index contributed by atoms with van der Waals surface area (Å²) in [5.74, 6) is 0.547. The highest BCUT2D eigenvalue weighted by Gasteiger charge is 2.54. The van der Waals surface area contributed by atoms with E-state index in [4.69, 9.17) is 14.2 Å². The Labute approximate surface area is 160 Å². The van der Waals surface area contributed by atoms with Crippen LogP contribution in [-0.2, 0) is 19.1 Å². The molecule has 1 aliphatic heterocycles. The number of benzene rings is 1. The van der Waals surface area contributed by atoms with Gasteiger partial charge in [0.15, 0.2) is 0 Å². The molecule has 5 heteroatoms. The third kappa shape index (κ3) is 3.53. The van der Waals surface area contributed by atoms with Gasteiger partial charge in [-0.15, -0.1) is 0 Å². The second-order valence-electron chi connectivity index (χ2n) is 7.89. The van der Waals surface area contributed by atoms with Crippen molar-refractivity contribution in [3.8, 4) is 5.75 Å². The first kappa shape index (κ1) is 19.6. The van der Waals surface area contributed by atoms with Crippen LogP contribution in [0.2, 0.25) is 0 Å². The van der Waals surface area contributed by atoms with E-state index in [1.54, 1.807) is 6.07 Å². The van der Waals surface area contributed by atoms with Crippen molar-refractivity contribution in [2.45, 2.75) is 40.7 Å². The average molecular weight is 372 g/mol. The van der Waals surface area contributed by atoms with Gasteiger partial charge < -0.3 is 14.2 Å². The van der Waals surface area contributed by atoms with Gasteiger partial charge in [-0.3, -0.25) is 9.59 Å². The van der Waals surface area contributed by atoms with Crippen LogP contribution < -0.4 is 4.74 Å². The summed E-state index contributed by atoms with van der Waals surface area (Å²) in [6, 6.07) is 7.54. The Balaban J connectivity index is 1.98. The van der Waals surface area contributed by atoms with Crippen molar-refractivity contribution in [2.24, 2.45) is 23.2 Å². The highest BCUT2D eigenvalue weighted by Crippen LogP contribution is 2.57. The average Bonchev–Trinajstić information content (AvgIpc) is 2.59. The Hall–Kier alpha value is -2.14. The summed E-state index contributed by atoms with van der Waals surface area (Å²) in [6.45, 7) is 10.2. The molecule has 0 unspecified atom stereocenters. The molecule has 1 fully saturated rings. The SMILES string of the molecule is CC(=O)OC[C@]12CO[C@H](c3ccccc3OC(C)=O)[C@H](C(C)=C[C@H]1C)[C@@H]2C. The molecule has 0 saturated carbocycles. The summed E-state index contributed by atoms with van der Waals surface area (Å²) in [6.07, 6.45) is 2.07. The molecule has 3 rings (SSSR count). The van der Waals surface area contributed by atoms with E-state index in [0.29, 0.717) is 19.0 Å². The maximum absolute atomic E-state index is 11.5. The molecule has 0 amide bonds. The summed E-state index contributed by atoms with van der Waals surface area (Å²) >= 11 is 0. The molecule has 0 spiro atoms. The minimum absolute atomic E-state index is 0.127. The lowest BCUT2D eigenvalue weighted by Gasteiger charge is -2.55. The van der Waals surface area contributed by atoms with Gasteiger partial charge in [0.1, 0.15) is 5.75 Å². The fourth-order valence-electron chi connectivity index (χ4n) is 4.74. The van der Waals surface area contributed by atoms with Crippen LogP contribution in [0.15, 0.2) is 35.9 Å². The first-order valence-corrected chi connectivity index (χ1v) is 9.47. The zero-order chi connectivity index (χ0) is 19.8. The number of carbonyl (C=O) groups excluding carboxylic acids is 2. The Bertz CT molecular complexity index is 768. The minimum atomic E-state index is -0.347. The minimum Gasteiger partial charge on any atom is -0.465 e. The van der Waals surface area contributed by atoms with E-state index in [-0.39, 0.29) is 41.2 Å². The molecule has 0 radical (unpaired) electrons. The maximum atomic E-state index is 11.5. The molecular weight excluding hydrogens is 344 g/mol. The number of hydrogen-bond acceptors (Lipinski definition) is 5. The number of carbonyl (C=O) groups is 2. The molecule has 2 aliphatic rings. The Morgan fingerprint density at radius 3 is 2.56 bits per heavy atom. The molecule has 1 aromatic rings. The van der Waals surface area contributed by atoms with Gasteiger partial charge >= 0.3 is 11.9 Å². The van der Waals surface area contributed by atoms with Crippen LogP contribution in [0.25, 0.3) is 0 Å². The number of fused-ring (bicyclic) bond motifs is 2. The van der Waals surface area contributed by atoms with Crippen LogP contribution in [0.4, 0.5) is 0 Å². The van der Waals surface area contributed by atoms with E-state index >= 15 is 0 Å². The molecule has 5 atom stereocenters. The number of hydrogen-bond donors (Lipinski definition) is 0. The zero-order valence-electron chi connectivity index (χ0n) is 16.7. The highest BCUT2D eigenvalue weighted by molar-refractivity contribution is 5.70. The highest BCUT2D eigenvalue weighted by atomic mass is 16.5. The zero-order valence-corrected chi connectivity index (χ0v) is 16.7. The molecule has 0 aromatic heterocycles. The predicted molar refractivity (Wildman–Crippen MR) is 101 cm³/mol. The van der Waals surface area contributed by atoms with E-state index in [0.717, 1.165) is 5.56 Å². The Kier molecular flexibility index (Phi) is 5.43. The summed E-state index contributed by atoms with van der Waals surface area (Å²) in [4.78, 5) is 22.9. The number of para-hydroxylation sites is 1. The van der Waals surface area contributed by atoms with E-state index < -0.39 is 0 Å². The third-order valence-corrected chi connectivity index (χ3v) is 6.27. The van der Waals surface area contributed by atoms with Crippen molar-refractivity contribution in [1.82, 2.24) is 0 Å². The number of allylic oxidation sites excluding steroid dienone is 1. The van der Waals surface area contributed by atoms with E-state index in [2.05, 4.69) is 26.8 Å². The second-order valence-corrected chi connectivity index (χ2v) is 7.89. The Morgan fingerprint density at radius 1 is 1.19 bits per heavy atom. The smallest absolute Gasteiger partial charge is 0.308 e. The predicted octanol–water partition coefficient (Wildman–Crippen LogP) is 4.08. The van der Waals surface area contributed by atoms with Crippen molar-refractivity contribution < 1.29 is 23.8 Å². The van der Waals surface area contributed by atoms with E-state index in [9.17, 15) is 9.59 Å². The van der Waals surface area contributed by atoms with Gasteiger partial charge in [0.2, 0.25) is 0 Å². The molecule has 1 aromatic carbocycles. The lowest BCUT2D eigenvalue weighted by atomic mass is 9.56. The summed E-state index contributed by atoms with van der Waals surface area (Å²) in [7, 11) is 0. The van der Waals surface area contributed by atoms with Crippen LogP contribution in [0.1, 0.15) is 46.3 Å². The van der Waals surface area contributed by atoms with Crippen molar-refractivity contribution >= 4 is 11.9 Å². The van der Waals surface area contributed by atoms with Gasteiger partial charge in [0.25, 0.3) is 0 Å². The monoisotopic (exact) mass is 372 g/mol. The lowest BCUT2D eigenvalue weighted by Crippen LogP contribution is -2.54. The fraction of sp³-hybridized carbons (Fsp3) is 0.545. The Morgan fingerprint density at radius 2 is 1.89 bits per heavy atom. The molecule has 0 N–H and O–H groups in total. The number of rotatable bonds is 4. The molecule has 2 bridgehead atoms. The van der Waals surface area contributed by atoms with Crippen molar-refractivity contribution in [1.29, 1.82) is 0 Å². The van der Waals surface area contributed by atoms with Gasteiger partial charge in [-0.05, 0) is 24.8 Å². The topological polar surface area (TPSA) is 61.8 Å². The van der Waals surface area contributed by atoms with Crippen LogP contribution in [0.5, 0.6) is 5.75 Å². The lowest BCUT2D eigenvalue weighted by molar-refractivity contribution is -0.180. The molecule has 1 saturated heterocycles. The third-order valence-electron chi connectivity index (χ3n) is 6.27. The normalized spacial score (nSPS) is 32.4. The van der Waals surface area contributed by atoms with Gasteiger partial charge in [-0.2, -0.15) is 0 Å². The standard InChI is InChI=1S/C22H28O5/c1-13-10-14(2)22(11-25-16(4)23)12-26-21(20(13)15(22)3)18-8-6-7-9-19(18)27-17(5)24/h6-10,14-15,20-21H,11-12H2,1-5H3/t14-,15+,20-,21-,22+/m1/s1. The van der Waals surface area contributed by atoms with Crippen LogP contribution >= 0.6 is 0 Å². The molecular formula is C22H28O5. The van der Waals surface area contributed by atoms with Gasteiger partial charge in [0, 0.05) is 30.7 Å². The number of ether oxygens (including phenoxy) is 3. The van der Waals surface area contributed by atoms with E-state index in [1.165, 1.54) is 19.4 Å². The molecule has 5 nitrogen and oxygen atoms in total. The summed E-state index contributed by atoms with van der Waals surface area (Å²) < 4.78 is 17.2. The first-order valence-electron chi connectivity index (χ1n) is 9.47. The maximum Gasteiger partial charge on any atom is 0.308 e. The van der Waals surface area contributed by atoms with Crippen molar-refractivity contribution in [3.05, 3.63) is 41.5 Å². The van der Waals surface area contributed by atoms with Crippen molar-refractivity contribution in [2.75, 3.05) is 13.2 Å². The fourth-order valence-corrected chi connectivity index (χ4v) is 4.74. The largest absolute Gasteiger partial charge is 0.465 e. The van der Waals surface area contributed by atoms with Crippen LogP contribution in [0.3, 0.4) is 0 Å². The molecule has 1 heterocycles. The van der Waals surface area contributed by atoms with Crippen molar-refractivity contribution in [3.63, 3.8) is 0 Å². The molecule has 146 valence electrons. The summed E-state index contributed by atoms with van der Waals surface area (Å²) in [5, 5.41) is 0. The van der Waals surface area contributed by atoms with Crippen LogP contribution in [0, 0.1) is 23.2 Å². The van der Waals surface area contributed by atoms with Gasteiger partial charge in [-0.1, -0.05) is 43.7 Å². The second kappa shape index (κ2) is 7.47. The van der Waals surface area contributed by atoms with Crippen LogP contribution in [-0.4, -0.2) is 25.2 Å². The molecule has 1 aliphatic carbocycles. The van der Waals surface area contributed by atoms with E-state index in [1.807, 2.05) is 18.2 Å². The van der Waals surface area contributed by atoms with Gasteiger partial charge in [0.05, 0.1) is 19.3 Å². The van der Waals surface area contributed by atoms with Gasteiger partial charge in [-0.25, -0.2) is 0 Å². The number of esters is 2. The molecule has 27 heavy (non-hydrogen) atoms. The first-order chi connectivity index (χ1) is 12.8. The summed E-state index contributed by atoms with van der Waals surface area (Å²) in [5.41, 5.74) is 1.90.